The molecule has 0 fully saturated rings. The molecule has 2 aromatic rings. The van der Waals surface area contributed by atoms with Crippen molar-refractivity contribution in [3.05, 3.63) is 40.9 Å². The van der Waals surface area contributed by atoms with Crippen molar-refractivity contribution in [2.75, 3.05) is 6.54 Å². The normalized spacial score (nSPS) is 10.4. The number of hydrogen-bond donors (Lipinski definition) is 2. The summed E-state index contributed by atoms with van der Waals surface area (Å²) < 4.78 is 0. The van der Waals surface area contributed by atoms with Crippen molar-refractivity contribution < 1.29 is 5.11 Å². The summed E-state index contributed by atoms with van der Waals surface area (Å²) in [5.41, 5.74) is 0.856. The van der Waals surface area contributed by atoms with Gasteiger partial charge in [-0.1, -0.05) is 49.2 Å². The molecule has 0 unspecified atom stereocenters. The summed E-state index contributed by atoms with van der Waals surface area (Å²) in [6.45, 7) is 3.77. The van der Waals surface area contributed by atoms with E-state index in [-0.39, 0.29) is 12.4 Å². The third-order valence-corrected chi connectivity index (χ3v) is 3.38. The van der Waals surface area contributed by atoms with Gasteiger partial charge in [0.15, 0.2) is 0 Å². The average molecular weight is 300 g/mol. The third-order valence-electron chi connectivity index (χ3n) is 3.07. The number of phenols is 1. The van der Waals surface area contributed by atoms with Crippen molar-refractivity contribution in [1.29, 1.82) is 0 Å². The highest BCUT2D eigenvalue weighted by molar-refractivity contribution is 6.35. The van der Waals surface area contributed by atoms with Crippen LogP contribution in [0.4, 0.5) is 0 Å². The fourth-order valence-electron chi connectivity index (χ4n) is 2.03. The zero-order valence-corrected chi connectivity index (χ0v) is 12.5. The lowest BCUT2D eigenvalue weighted by Crippen LogP contribution is -2.14. The molecule has 0 radical (unpaired) electrons. The maximum absolute atomic E-state index is 10.2. The molecule has 0 heterocycles. The van der Waals surface area contributed by atoms with Gasteiger partial charge in [-0.25, -0.2) is 0 Å². The second-order valence-electron chi connectivity index (χ2n) is 4.44. The van der Waals surface area contributed by atoms with E-state index in [9.17, 15) is 5.11 Å². The number of benzene rings is 2. The van der Waals surface area contributed by atoms with Crippen molar-refractivity contribution in [2.24, 2.45) is 0 Å². The number of hydrogen-bond acceptors (Lipinski definition) is 2. The molecule has 19 heavy (non-hydrogen) atoms. The van der Waals surface area contributed by atoms with Crippen LogP contribution in [0.25, 0.3) is 10.8 Å². The predicted molar refractivity (Wildman–Crippen MR) is 84.5 cm³/mol. The van der Waals surface area contributed by atoms with Crippen molar-refractivity contribution >= 4 is 34.8 Å². The molecule has 2 rings (SSSR count). The third kappa shape index (κ3) is 3.75. The summed E-state index contributed by atoms with van der Waals surface area (Å²) in [5, 5.41) is 16.0. The second kappa shape index (κ2) is 7.59. The first-order valence-corrected chi connectivity index (χ1v) is 6.71. The quantitative estimate of drug-likeness (QED) is 0.796. The molecule has 0 aliphatic rings. The van der Waals surface area contributed by atoms with E-state index in [0.717, 1.165) is 35.7 Å². The Labute approximate surface area is 125 Å². The highest BCUT2D eigenvalue weighted by Gasteiger charge is 2.09. The minimum Gasteiger partial charge on any atom is -0.507 e. The Kier molecular flexibility index (Phi) is 6.43. The predicted octanol–water partition coefficient (Wildman–Crippen LogP) is 4.51. The molecule has 2 N–H and O–H groups in total. The van der Waals surface area contributed by atoms with Crippen LogP contribution in [0.15, 0.2) is 30.3 Å². The zero-order valence-electron chi connectivity index (χ0n) is 10.9. The number of unbranched alkanes of at least 4 members (excludes halogenated alkanes) is 1. The summed E-state index contributed by atoms with van der Waals surface area (Å²) >= 11 is 6.24. The molecule has 0 saturated heterocycles. The van der Waals surface area contributed by atoms with Crippen molar-refractivity contribution in [3.8, 4) is 5.75 Å². The second-order valence-corrected chi connectivity index (χ2v) is 4.85. The largest absolute Gasteiger partial charge is 0.507 e. The van der Waals surface area contributed by atoms with E-state index < -0.39 is 0 Å². The highest BCUT2D eigenvalue weighted by atomic mass is 35.5. The number of halogens is 2. The van der Waals surface area contributed by atoms with Crippen molar-refractivity contribution in [3.63, 3.8) is 0 Å². The molecule has 0 spiro atoms. The molecule has 0 bridgehead atoms. The topological polar surface area (TPSA) is 32.3 Å². The van der Waals surface area contributed by atoms with Gasteiger partial charge in [0.25, 0.3) is 0 Å². The lowest BCUT2D eigenvalue weighted by molar-refractivity contribution is 0.470. The number of fused-ring (bicyclic) bond motifs is 1. The Morgan fingerprint density at radius 2 is 1.89 bits per heavy atom. The van der Waals surface area contributed by atoms with Gasteiger partial charge in [-0.2, -0.15) is 0 Å². The van der Waals surface area contributed by atoms with Crippen LogP contribution in [0.1, 0.15) is 25.3 Å². The van der Waals surface area contributed by atoms with Crippen LogP contribution in [0.2, 0.25) is 5.02 Å². The molecule has 4 heteroatoms. The van der Waals surface area contributed by atoms with E-state index in [4.69, 9.17) is 11.6 Å². The molecule has 0 amide bonds. The molecule has 2 aromatic carbocycles. The zero-order chi connectivity index (χ0) is 13.0. The molecule has 0 aliphatic carbocycles. The van der Waals surface area contributed by atoms with Gasteiger partial charge in [0.2, 0.25) is 0 Å². The van der Waals surface area contributed by atoms with E-state index in [1.54, 1.807) is 0 Å². The lowest BCUT2D eigenvalue weighted by atomic mass is 10.1. The first kappa shape index (κ1) is 16.1. The Hall–Kier alpha value is -0.960. The average Bonchev–Trinajstić information content (AvgIpc) is 2.40. The van der Waals surface area contributed by atoms with Gasteiger partial charge in [-0.05, 0) is 19.0 Å². The molecule has 2 nitrogen and oxygen atoms in total. The lowest BCUT2D eigenvalue weighted by Gasteiger charge is -2.10. The van der Waals surface area contributed by atoms with Crippen LogP contribution in [0.3, 0.4) is 0 Å². The Balaban J connectivity index is 0.00000180. The number of rotatable bonds is 5. The van der Waals surface area contributed by atoms with E-state index in [0.29, 0.717) is 17.3 Å². The van der Waals surface area contributed by atoms with Crippen LogP contribution in [0, 0.1) is 0 Å². The van der Waals surface area contributed by atoms with E-state index in [1.807, 2.05) is 30.3 Å². The number of phenolic OH excluding ortho intramolecular Hbond substituents is 1. The summed E-state index contributed by atoms with van der Waals surface area (Å²) in [5.74, 6) is 0.332. The van der Waals surface area contributed by atoms with Crippen LogP contribution >= 0.6 is 24.0 Å². The fourth-order valence-corrected chi connectivity index (χ4v) is 2.33. The monoisotopic (exact) mass is 299 g/mol. The first-order chi connectivity index (χ1) is 8.74. The van der Waals surface area contributed by atoms with Crippen LogP contribution in [0.5, 0.6) is 5.75 Å². The maximum atomic E-state index is 10.2. The number of aromatic hydroxyl groups is 1. The van der Waals surface area contributed by atoms with Gasteiger partial charge in [-0.15, -0.1) is 12.4 Å². The summed E-state index contributed by atoms with van der Waals surface area (Å²) in [4.78, 5) is 0. The standard InChI is InChI=1S/C15H18ClNO.ClH/c1-2-3-8-17-10-11-9-14(16)12-6-4-5-7-13(12)15(11)18;/h4-7,9,17-18H,2-3,8,10H2,1H3;1H. The van der Waals surface area contributed by atoms with Crippen molar-refractivity contribution in [1.82, 2.24) is 5.32 Å². The highest BCUT2D eigenvalue weighted by Crippen LogP contribution is 2.34. The van der Waals surface area contributed by atoms with Crippen LogP contribution < -0.4 is 5.32 Å². The Morgan fingerprint density at radius 3 is 2.58 bits per heavy atom. The Morgan fingerprint density at radius 1 is 1.21 bits per heavy atom. The minimum absolute atomic E-state index is 0. The van der Waals surface area contributed by atoms with Gasteiger partial charge >= 0.3 is 0 Å². The van der Waals surface area contributed by atoms with Crippen molar-refractivity contribution in [2.45, 2.75) is 26.3 Å². The van der Waals surface area contributed by atoms with E-state index >= 15 is 0 Å². The molecular formula is C15H19Cl2NO. The fraction of sp³-hybridized carbons (Fsp3) is 0.333. The molecular weight excluding hydrogens is 281 g/mol. The van der Waals surface area contributed by atoms with Gasteiger partial charge in [0.05, 0.1) is 0 Å². The number of nitrogens with one attached hydrogen (secondary N) is 1. The molecule has 0 aromatic heterocycles. The van der Waals surface area contributed by atoms with Gasteiger partial charge in [0.1, 0.15) is 5.75 Å². The van der Waals surface area contributed by atoms with Crippen LogP contribution in [-0.2, 0) is 6.54 Å². The van der Waals surface area contributed by atoms with Gasteiger partial charge in [-0.3, -0.25) is 0 Å². The SMILES string of the molecule is CCCCNCc1cc(Cl)c2ccccc2c1O.Cl. The van der Waals surface area contributed by atoms with Gasteiger partial charge in [0, 0.05) is 27.9 Å². The van der Waals surface area contributed by atoms with E-state index in [2.05, 4.69) is 12.2 Å². The van der Waals surface area contributed by atoms with Gasteiger partial charge < -0.3 is 10.4 Å². The minimum atomic E-state index is 0. The summed E-state index contributed by atoms with van der Waals surface area (Å²) in [6.07, 6.45) is 2.31. The van der Waals surface area contributed by atoms with Crippen LogP contribution in [-0.4, -0.2) is 11.7 Å². The summed E-state index contributed by atoms with van der Waals surface area (Å²) in [6, 6.07) is 9.50. The molecule has 0 atom stereocenters. The smallest absolute Gasteiger partial charge is 0.127 e. The van der Waals surface area contributed by atoms with E-state index in [1.165, 1.54) is 0 Å². The maximum Gasteiger partial charge on any atom is 0.127 e. The molecule has 0 saturated carbocycles. The first-order valence-electron chi connectivity index (χ1n) is 6.34. The molecule has 0 aliphatic heterocycles. The summed E-state index contributed by atoms with van der Waals surface area (Å²) in [7, 11) is 0. The molecule has 104 valence electrons. The Bertz CT molecular complexity index is 543.